The van der Waals surface area contributed by atoms with E-state index >= 15 is 0 Å². The largest absolute Gasteiger partial charge is 0.310 e. The Morgan fingerprint density at radius 1 is 1.39 bits per heavy atom. The van der Waals surface area contributed by atoms with Crippen LogP contribution < -0.4 is 5.32 Å². The smallest absolute Gasteiger partial charge is 0.123 e. The van der Waals surface area contributed by atoms with Gasteiger partial charge in [0.2, 0.25) is 0 Å². The molecule has 0 bridgehead atoms. The average Bonchev–Trinajstić information content (AvgIpc) is 2.71. The molecule has 0 aliphatic heterocycles. The highest BCUT2D eigenvalue weighted by Gasteiger charge is 2.30. The second kappa shape index (κ2) is 6.03. The summed E-state index contributed by atoms with van der Waals surface area (Å²) < 4.78 is 13.2. The third-order valence-corrected chi connectivity index (χ3v) is 4.68. The molecule has 1 aliphatic carbocycles. The molecule has 1 saturated carbocycles. The Bertz CT molecular complexity index is 407. The topological polar surface area (TPSA) is 12.0 Å². The van der Waals surface area contributed by atoms with Gasteiger partial charge in [0.25, 0.3) is 0 Å². The van der Waals surface area contributed by atoms with Gasteiger partial charge in [0.1, 0.15) is 5.82 Å². The van der Waals surface area contributed by atoms with Crippen LogP contribution in [0.1, 0.15) is 38.7 Å². The van der Waals surface area contributed by atoms with Crippen molar-refractivity contribution in [1.82, 2.24) is 5.32 Å². The lowest BCUT2D eigenvalue weighted by atomic mass is 9.93. The first-order chi connectivity index (χ1) is 8.61. The predicted octanol–water partition coefficient (Wildman–Crippen LogP) is 4.39. The van der Waals surface area contributed by atoms with Crippen LogP contribution in [0.2, 0.25) is 5.02 Å². The zero-order valence-corrected chi connectivity index (χ0v) is 11.8. The van der Waals surface area contributed by atoms with E-state index in [1.165, 1.54) is 31.4 Å². The van der Waals surface area contributed by atoms with E-state index < -0.39 is 0 Å². The summed E-state index contributed by atoms with van der Waals surface area (Å²) >= 11 is 6.07. The van der Waals surface area contributed by atoms with Crippen LogP contribution in [0.3, 0.4) is 0 Å². The molecule has 1 aliphatic rings. The Balaban J connectivity index is 1.94. The fraction of sp³-hybridized carbons (Fsp3) is 0.600. The molecule has 0 saturated heterocycles. The van der Waals surface area contributed by atoms with E-state index in [4.69, 9.17) is 11.6 Å². The summed E-state index contributed by atoms with van der Waals surface area (Å²) in [5.41, 5.74) is 0.851. The van der Waals surface area contributed by atoms with Gasteiger partial charge in [0.15, 0.2) is 0 Å². The molecule has 2 rings (SSSR count). The number of halogens is 2. The standard InChI is InChI=1S/C15H21ClFN/c1-3-11-4-7-15(10(11)2)18-9-12-8-13(17)5-6-14(12)16/h5-6,8,10-11,15,18H,3-4,7,9H2,1-2H3. The molecule has 1 nitrogen and oxygen atoms in total. The summed E-state index contributed by atoms with van der Waals surface area (Å²) in [7, 11) is 0. The second-order valence-electron chi connectivity index (χ2n) is 5.33. The van der Waals surface area contributed by atoms with Crippen molar-refractivity contribution in [2.75, 3.05) is 0 Å². The number of benzene rings is 1. The van der Waals surface area contributed by atoms with Crippen LogP contribution in [0.4, 0.5) is 4.39 Å². The van der Waals surface area contributed by atoms with Gasteiger partial charge in [-0.05, 0) is 48.4 Å². The normalized spacial score (nSPS) is 27.7. The Kier molecular flexibility index (Phi) is 4.63. The lowest BCUT2D eigenvalue weighted by Gasteiger charge is -2.21. The van der Waals surface area contributed by atoms with Crippen LogP contribution in [0.5, 0.6) is 0 Å². The van der Waals surface area contributed by atoms with Gasteiger partial charge in [-0.25, -0.2) is 4.39 Å². The molecule has 0 heterocycles. The Morgan fingerprint density at radius 2 is 2.17 bits per heavy atom. The van der Waals surface area contributed by atoms with Crippen LogP contribution in [0.15, 0.2) is 18.2 Å². The van der Waals surface area contributed by atoms with E-state index in [-0.39, 0.29) is 5.82 Å². The summed E-state index contributed by atoms with van der Waals surface area (Å²) in [6.07, 6.45) is 3.76. The van der Waals surface area contributed by atoms with Crippen molar-refractivity contribution in [3.63, 3.8) is 0 Å². The van der Waals surface area contributed by atoms with Crippen LogP contribution in [0.25, 0.3) is 0 Å². The molecule has 1 aromatic rings. The van der Waals surface area contributed by atoms with Crippen molar-refractivity contribution in [3.05, 3.63) is 34.6 Å². The van der Waals surface area contributed by atoms with Crippen molar-refractivity contribution in [3.8, 4) is 0 Å². The highest BCUT2D eigenvalue weighted by molar-refractivity contribution is 6.31. The highest BCUT2D eigenvalue weighted by atomic mass is 35.5. The molecule has 0 radical (unpaired) electrons. The van der Waals surface area contributed by atoms with Crippen LogP contribution in [0, 0.1) is 17.7 Å². The molecule has 1 fully saturated rings. The fourth-order valence-corrected chi connectivity index (χ4v) is 3.22. The van der Waals surface area contributed by atoms with E-state index in [0.717, 1.165) is 11.5 Å². The minimum absolute atomic E-state index is 0.220. The van der Waals surface area contributed by atoms with Crippen LogP contribution >= 0.6 is 11.6 Å². The first kappa shape index (κ1) is 13.8. The van der Waals surface area contributed by atoms with Crippen molar-refractivity contribution < 1.29 is 4.39 Å². The van der Waals surface area contributed by atoms with Gasteiger partial charge >= 0.3 is 0 Å². The van der Waals surface area contributed by atoms with Gasteiger partial charge in [-0.3, -0.25) is 0 Å². The van der Waals surface area contributed by atoms with Crippen LogP contribution in [-0.2, 0) is 6.54 Å². The van der Waals surface area contributed by atoms with Crippen LogP contribution in [-0.4, -0.2) is 6.04 Å². The molecule has 3 unspecified atom stereocenters. The van der Waals surface area contributed by atoms with Crippen molar-refractivity contribution in [1.29, 1.82) is 0 Å². The van der Waals surface area contributed by atoms with E-state index in [9.17, 15) is 4.39 Å². The lowest BCUT2D eigenvalue weighted by Crippen LogP contribution is -2.32. The summed E-state index contributed by atoms with van der Waals surface area (Å²) in [5.74, 6) is 1.30. The molecule has 3 atom stereocenters. The maximum Gasteiger partial charge on any atom is 0.123 e. The molecule has 3 heteroatoms. The summed E-state index contributed by atoms with van der Waals surface area (Å²) in [6, 6.07) is 5.08. The van der Waals surface area contributed by atoms with E-state index in [0.29, 0.717) is 23.5 Å². The average molecular weight is 270 g/mol. The minimum Gasteiger partial charge on any atom is -0.310 e. The molecular weight excluding hydrogens is 249 g/mol. The third kappa shape index (κ3) is 3.04. The molecule has 1 aromatic carbocycles. The van der Waals surface area contributed by atoms with Crippen molar-refractivity contribution >= 4 is 11.6 Å². The first-order valence-electron chi connectivity index (χ1n) is 6.79. The van der Waals surface area contributed by atoms with Gasteiger partial charge in [0.05, 0.1) is 0 Å². The quantitative estimate of drug-likeness (QED) is 0.855. The Labute approximate surface area is 114 Å². The van der Waals surface area contributed by atoms with Gasteiger partial charge in [-0.2, -0.15) is 0 Å². The number of hydrogen-bond acceptors (Lipinski definition) is 1. The summed E-state index contributed by atoms with van der Waals surface area (Å²) in [5, 5.41) is 4.17. The second-order valence-corrected chi connectivity index (χ2v) is 5.74. The number of hydrogen-bond donors (Lipinski definition) is 1. The molecule has 0 spiro atoms. The van der Waals surface area contributed by atoms with Gasteiger partial charge < -0.3 is 5.32 Å². The Morgan fingerprint density at radius 3 is 2.83 bits per heavy atom. The summed E-state index contributed by atoms with van der Waals surface area (Å²) in [6.45, 7) is 5.22. The zero-order valence-electron chi connectivity index (χ0n) is 11.0. The molecule has 1 N–H and O–H groups in total. The molecule has 100 valence electrons. The maximum absolute atomic E-state index is 13.2. The molecule has 0 aromatic heterocycles. The summed E-state index contributed by atoms with van der Waals surface area (Å²) in [4.78, 5) is 0. The minimum atomic E-state index is -0.220. The van der Waals surface area contributed by atoms with Gasteiger partial charge in [0, 0.05) is 17.6 Å². The predicted molar refractivity (Wildman–Crippen MR) is 74.2 cm³/mol. The number of rotatable bonds is 4. The van der Waals surface area contributed by atoms with Crippen molar-refractivity contribution in [2.45, 2.75) is 45.7 Å². The van der Waals surface area contributed by atoms with Crippen molar-refractivity contribution in [2.24, 2.45) is 11.8 Å². The monoisotopic (exact) mass is 269 g/mol. The SMILES string of the molecule is CCC1CCC(NCc2cc(F)ccc2Cl)C1C. The molecular formula is C15H21ClFN. The maximum atomic E-state index is 13.2. The third-order valence-electron chi connectivity index (χ3n) is 4.31. The Hall–Kier alpha value is -0.600. The van der Waals surface area contributed by atoms with E-state index in [1.807, 2.05) is 0 Å². The van der Waals surface area contributed by atoms with E-state index in [2.05, 4.69) is 19.2 Å². The van der Waals surface area contributed by atoms with Gasteiger partial charge in [-0.15, -0.1) is 0 Å². The fourth-order valence-electron chi connectivity index (χ4n) is 3.03. The molecule has 18 heavy (non-hydrogen) atoms. The van der Waals surface area contributed by atoms with E-state index in [1.54, 1.807) is 6.07 Å². The lowest BCUT2D eigenvalue weighted by molar-refractivity contribution is 0.344. The van der Waals surface area contributed by atoms with Gasteiger partial charge in [-0.1, -0.05) is 31.9 Å². The molecule has 0 amide bonds. The number of nitrogens with one attached hydrogen (secondary N) is 1. The highest BCUT2D eigenvalue weighted by Crippen LogP contribution is 2.34. The zero-order chi connectivity index (χ0) is 13.1. The first-order valence-corrected chi connectivity index (χ1v) is 7.17.